The monoisotopic (exact) mass is 382 g/mol. The molecule has 6 heteroatoms. The number of hydrogen-bond acceptors (Lipinski definition) is 5. The van der Waals surface area contributed by atoms with Crippen LogP contribution in [0.15, 0.2) is 12.3 Å². The van der Waals surface area contributed by atoms with Gasteiger partial charge in [0.15, 0.2) is 5.41 Å². The van der Waals surface area contributed by atoms with E-state index in [1.807, 2.05) is 6.26 Å². The number of carbonyl (C=O) groups excluding carboxylic acids is 2. The van der Waals surface area contributed by atoms with Gasteiger partial charge < -0.3 is 13.9 Å². The van der Waals surface area contributed by atoms with Gasteiger partial charge in [-0.05, 0) is 68.7 Å². The third-order valence-corrected chi connectivity index (χ3v) is 10.7. The fraction of sp³-hybridized carbons (Fsp3) is 0.800. The molecule has 2 atom stereocenters. The molecule has 0 spiro atoms. The Labute approximate surface area is 158 Å². The number of hydrogen-bond donors (Lipinski definition) is 0. The van der Waals surface area contributed by atoms with Crippen LogP contribution < -0.4 is 0 Å². The van der Waals surface area contributed by atoms with Crippen molar-refractivity contribution in [1.82, 2.24) is 0 Å². The lowest BCUT2D eigenvalue weighted by molar-refractivity contribution is -0.172. The van der Waals surface area contributed by atoms with Crippen molar-refractivity contribution in [3.05, 3.63) is 12.3 Å². The Kier molecular flexibility index (Phi) is 5.67. The number of ether oxygens (including phenoxy) is 2. The number of esters is 2. The summed E-state index contributed by atoms with van der Waals surface area (Å²) in [7, 11) is -1.87. The van der Waals surface area contributed by atoms with Crippen molar-refractivity contribution in [2.24, 2.45) is 16.7 Å². The quantitative estimate of drug-likeness (QED) is 0.282. The Hall–Kier alpha value is -1.30. The van der Waals surface area contributed by atoms with E-state index in [9.17, 15) is 9.59 Å². The van der Waals surface area contributed by atoms with Gasteiger partial charge in [0, 0.05) is 0 Å². The van der Waals surface area contributed by atoms with E-state index in [0.717, 1.165) is 6.42 Å². The molecule has 0 radical (unpaired) electrons. The smallest absolute Gasteiger partial charge is 0.323 e. The molecule has 2 fully saturated rings. The summed E-state index contributed by atoms with van der Waals surface area (Å²) < 4.78 is 16.6. The van der Waals surface area contributed by atoms with E-state index in [4.69, 9.17) is 13.9 Å². The van der Waals surface area contributed by atoms with Gasteiger partial charge >= 0.3 is 11.9 Å². The van der Waals surface area contributed by atoms with Crippen LogP contribution in [0.25, 0.3) is 0 Å². The highest BCUT2D eigenvalue weighted by molar-refractivity contribution is 6.74. The van der Waals surface area contributed by atoms with Gasteiger partial charge in [-0.3, -0.25) is 9.59 Å². The van der Waals surface area contributed by atoms with Crippen LogP contribution in [-0.4, -0.2) is 33.5 Å². The Morgan fingerprint density at radius 2 is 1.62 bits per heavy atom. The molecule has 0 heterocycles. The van der Waals surface area contributed by atoms with E-state index in [-0.39, 0.29) is 23.7 Å². The topological polar surface area (TPSA) is 61.8 Å². The van der Waals surface area contributed by atoms with Crippen LogP contribution in [0.4, 0.5) is 0 Å². The number of fused-ring (bicyclic) bond motifs is 1. The highest BCUT2D eigenvalue weighted by Crippen LogP contribution is 2.70. The first-order valence-corrected chi connectivity index (χ1v) is 12.5. The first-order valence-electron chi connectivity index (χ1n) is 9.64. The molecule has 5 nitrogen and oxygen atoms in total. The van der Waals surface area contributed by atoms with E-state index in [0.29, 0.717) is 18.8 Å². The second kappa shape index (κ2) is 7.02. The lowest BCUT2D eigenvalue weighted by atomic mass is 9.80. The molecule has 0 aromatic heterocycles. The van der Waals surface area contributed by atoms with Crippen LogP contribution in [0.1, 0.15) is 53.9 Å². The Balaban J connectivity index is 2.15. The molecule has 0 unspecified atom stereocenters. The second-order valence-electron chi connectivity index (χ2n) is 9.22. The maximum absolute atomic E-state index is 12.6. The average molecular weight is 383 g/mol. The van der Waals surface area contributed by atoms with E-state index in [1.54, 1.807) is 13.8 Å². The number of rotatable bonds is 7. The van der Waals surface area contributed by atoms with Crippen molar-refractivity contribution in [2.75, 3.05) is 13.2 Å². The van der Waals surface area contributed by atoms with Crippen molar-refractivity contribution in [3.8, 4) is 0 Å². The van der Waals surface area contributed by atoms with Gasteiger partial charge in [-0.15, -0.1) is 0 Å². The summed E-state index contributed by atoms with van der Waals surface area (Å²) >= 11 is 0. The van der Waals surface area contributed by atoms with Crippen LogP contribution in [0.2, 0.25) is 18.1 Å². The first kappa shape index (κ1) is 21.0. The summed E-state index contributed by atoms with van der Waals surface area (Å²) in [5.41, 5.74) is -1.29. The van der Waals surface area contributed by atoms with Gasteiger partial charge in [0.05, 0.1) is 19.5 Å². The summed E-state index contributed by atoms with van der Waals surface area (Å²) in [4.78, 5) is 25.2. The largest absolute Gasteiger partial charge is 0.549 e. The first-order chi connectivity index (χ1) is 11.9. The van der Waals surface area contributed by atoms with Gasteiger partial charge in [0.1, 0.15) is 0 Å². The lowest BCUT2D eigenvalue weighted by Crippen LogP contribution is -2.41. The minimum atomic E-state index is -1.87. The molecular weight excluding hydrogens is 348 g/mol. The van der Waals surface area contributed by atoms with E-state index >= 15 is 0 Å². The van der Waals surface area contributed by atoms with Gasteiger partial charge in [0.2, 0.25) is 8.32 Å². The molecule has 0 bridgehead atoms. The molecule has 148 valence electrons. The molecule has 0 saturated heterocycles. The highest BCUT2D eigenvalue weighted by Gasteiger charge is 2.70. The molecule has 2 rings (SSSR count). The lowest BCUT2D eigenvalue weighted by Gasteiger charge is -2.35. The van der Waals surface area contributed by atoms with Crippen molar-refractivity contribution in [3.63, 3.8) is 0 Å². The minimum Gasteiger partial charge on any atom is -0.549 e. The minimum absolute atomic E-state index is 0.132. The highest BCUT2D eigenvalue weighted by atomic mass is 28.4. The SMILES string of the molecule is CCOC(=O)C1(C(=O)OCC)C[C@@H]2C[C@]2(/C=C\O[Si](C)(C)C(C)(C)C)C1. The Morgan fingerprint density at radius 3 is 2.08 bits per heavy atom. The molecule has 0 aromatic carbocycles. The summed E-state index contributed by atoms with van der Waals surface area (Å²) in [6, 6.07) is 0. The van der Waals surface area contributed by atoms with Gasteiger partial charge in [-0.25, -0.2) is 0 Å². The maximum atomic E-state index is 12.6. The molecular formula is C20H34O5Si. The van der Waals surface area contributed by atoms with Crippen molar-refractivity contribution in [1.29, 1.82) is 0 Å². The van der Waals surface area contributed by atoms with Crippen LogP contribution in [-0.2, 0) is 23.5 Å². The molecule has 0 N–H and O–H groups in total. The van der Waals surface area contributed by atoms with Gasteiger partial charge in [-0.1, -0.05) is 20.8 Å². The van der Waals surface area contributed by atoms with Crippen molar-refractivity contribution in [2.45, 2.75) is 72.0 Å². The van der Waals surface area contributed by atoms with E-state index in [2.05, 4.69) is 39.9 Å². The summed E-state index contributed by atoms with van der Waals surface area (Å²) in [5.74, 6) is -0.567. The van der Waals surface area contributed by atoms with Crippen LogP contribution >= 0.6 is 0 Å². The predicted molar refractivity (Wildman–Crippen MR) is 103 cm³/mol. The number of allylic oxidation sites excluding steroid dienone is 1. The molecule has 2 aliphatic carbocycles. The van der Waals surface area contributed by atoms with Crippen LogP contribution in [0.3, 0.4) is 0 Å². The zero-order chi connectivity index (χ0) is 19.8. The summed E-state index contributed by atoms with van der Waals surface area (Å²) in [6.45, 7) is 15.1. The zero-order valence-electron chi connectivity index (χ0n) is 17.3. The molecule has 2 aliphatic rings. The van der Waals surface area contributed by atoms with Crippen LogP contribution in [0, 0.1) is 16.7 Å². The second-order valence-corrected chi connectivity index (χ2v) is 14.0. The third-order valence-electron chi connectivity index (χ3n) is 6.41. The molecule has 2 saturated carbocycles. The van der Waals surface area contributed by atoms with Gasteiger partial charge in [-0.2, -0.15) is 0 Å². The predicted octanol–water partition coefficient (Wildman–Crippen LogP) is 4.43. The summed E-state index contributed by atoms with van der Waals surface area (Å²) in [6.07, 6.45) is 5.86. The van der Waals surface area contributed by atoms with Crippen LogP contribution in [0.5, 0.6) is 0 Å². The zero-order valence-corrected chi connectivity index (χ0v) is 18.3. The van der Waals surface area contributed by atoms with Crippen molar-refractivity contribution >= 4 is 20.3 Å². The van der Waals surface area contributed by atoms with E-state index in [1.165, 1.54) is 0 Å². The molecule has 0 aliphatic heterocycles. The van der Waals surface area contributed by atoms with Gasteiger partial charge in [0.25, 0.3) is 0 Å². The average Bonchev–Trinajstić information content (AvgIpc) is 3.07. The van der Waals surface area contributed by atoms with Crippen molar-refractivity contribution < 1.29 is 23.5 Å². The molecule has 26 heavy (non-hydrogen) atoms. The standard InChI is InChI=1S/C20H34O5Si/c1-8-23-16(21)20(17(22)24-9-2)13-15-12-19(15,14-20)10-11-25-26(6,7)18(3,4)5/h10-11,15H,8-9,12-14H2,1-7H3/b11-10-/t15-,19+/m0/s1. The Bertz CT molecular complexity index is 571. The fourth-order valence-electron chi connectivity index (χ4n) is 3.66. The van der Waals surface area contributed by atoms with E-state index < -0.39 is 25.7 Å². The normalized spacial score (nSPS) is 27.1. The number of carbonyl (C=O) groups is 2. The summed E-state index contributed by atoms with van der Waals surface area (Å²) in [5, 5.41) is 0.132. The Morgan fingerprint density at radius 1 is 1.08 bits per heavy atom. The third kappa shape index (κ3) is 3.71. The fourth-order valence-corrected chi connectivity index (χ4v) is 4.42. The molecule has 0 amide bonds. The molecule has 0 aromatic rings. The maximum Gasteiger partial charge on any atom is 0.323 e.